The zero-order valence-electron chi connectivity index (χ0n) is 15.7. The van der Waals surface area contributed by atoms with E-state index < -0.39 is 0 Å². The largest absolute Gasteiger partial charge is 0.495 e. The molecule has 0 radical (unpaired) electrons. The number of carbonyl (C=O) groups excluding carboxylic acids is 1. The molecule has 0 saturated carbocycles. The Morgan fingerprint density at radius 1 is 1.14 bits per heavy atom. The second kappa shape index (κ2) is 9.19. The number of hydrogen-bond acceptors (Lipinski definition) is 5. The number of halogens is 1. The van der Waals surface area contributed by atoms with Gasteiger partial charge in [0, 0.05) is 31.7 Å². The van der Waals surface area contributed by atoms with E-state index in [4.69, 9.17) is 16.3 Å². The lowest BCUT2D eigenvalue weighted by Gasteiger charge is -2.17. The number of methoxy groups -OCH3 is 1. The van der Waals surface area contributed by atoms with E-state index in [9.17, 15) is 4.79 Å². The van der Waals surface area contributed by atoms with Crippen LogP contribution < -0.4 is 10.1 Å². The minimum Gasteiger partial charge on any atom is -0.495 e. The van der Waals surface area contributed by atoms with E-state index in [-0.39, 0.29) is 5.91 Å². The fraction of sp³-hybridized carbons (Fsp3) is 0.190. The van der Waals surface area contributed by atoms with Gasteiger partial charge < -0.3 is 15.0 Å². The van der Waals surface area contributed by atoms with Crippen LogP contribution >= 0.6 is 11.6 Å². The maximum Gasteiger partial charge on any atom is 0.272 e. The molecule has 2 heterocycles. The molecule has 28 heavy (non-hydrogen) atoms. The summed E-state index contributed by atoms with van der Waals surface area (Å²) in [4.78, 5) is 22.5. The third-order valence-corrected chi connectivity index (χ3v) is 4.55. The highest BCUT2D eigenvalue weighted by molar-refractivity contribution is 6.32. The van der Waals surface area contributed by atoms with Crippen molar-refractivity contribution in [2.24, 2.45) is 0 Å². The normalized spacial score (nSPS) is 10.4. The molecule has 0 saturated heterocycles. The average Bonchev–Trinajstić information content (AvgIpc) is 2.73. The van der Waals surface area contributed by atoms with E-state index in [2.05, 4.69) is 15.3 Å². The van der Waals surface area contributed by atoms with E-state index in [1.54, 1.807) is 55.8 Å². The van der Waals surface area contributed by atoms with Crippen molar-refractivity contribution in [1.82, 2.24) is 14.9 Å². The minimum atomic E-state index is -0.118. The van der Waals surface area contributed by atoms with Crippen LogP contribution in [0, 0.1) is 0 Å². The van der Waals surface area contributed by atoms with Gasteiger partial charge in [0.15, 0.2) is 0 Å². The Morgan fingerprint density at radius 2 is 1.89 bits per heavy atom. The fourth-order valence-corrected chi connectivity index (χ4v) is 2.91. The average molecular weight is 397 g/mol. The lowest BCUT2D eigenvalue weighted by Crippen LogP contribution is -2.29. The summed E-state index contributed by atoms with van der Waals surface area (Å²) in [5, 5.41) is 3.72. The van der Waals surface area contributed by atoms with Crippen molar-refractivity contribution in [3.63, 3.8) is 0 Å². The number of nitrogens with zero attached hydrogens (tertiary/aromatic N) is 3. The van der Waals surface area contributed by atoms with Crippen LogP contribution in [0.2, 0.25) is 5.02 Å². The molecule has 144 valence electrons. The maximum absolute atomic E-state index is 12.6. The Kier molecular flexibility index (Phi) is 6.45. The van der Waals surface area contributed by atoms with Crippen LogP contribution in [0.15, 0.2) is 61.1 Å². The molecule has 1 amide bonds. The second-order valence-corrected chi connectivity index (χ2v) is 6.65. The molecule has 0 aliphatic heterocycles. The van der Waals surface area contributed by atoms with E-state index in [0.29, 0.717) is 23.0 Å². The van der Waals surface area contributed by atoms with Gasteiger partial charge in [0.1, 0.15) is 11.4 Å². The SMILES string of the molecule is COc1ccc(Nc2ccc(C(=O)N(C)CCc3ccncc3)nc2)cc1Cl. The second-order valence-electron chi connectivity index (χ2n) is 6.24. The van der Waals surface area contributed by atoms with Crippen molar-refractivity contribution in [3.05, 3.63) is 77.3 Å². The van der Waals surface area contributed by atoms with E-state index >= 15 is 0 Å². The summed E-state index contributed by atoms with van der Waals surface area (Å²) in [6, 6.07) is 12.8. The Labute approximate surface area is 169 Å². The molecule has 0 aliphatic carbocycles. The van der Waals surface area contributed by atoms with Gasteiger partial charge in [-0.25, -0.2) is 4.98 Å². The predicted molar refractivity (Wildman–Crippen MR) is 110 cm³/mol. The van der Waals surface area contributed by atoms with Crippen molar-refractivity contribution in [3.8, 4) is 5.75 Å². The molecule has 7 heteroatoms. The van der Waals surface area contributed by atoms with Crippen LogP contribution in [-0.2, 0) is 6.42 Å². The van der Waals surface area contributed by atoms with Crippen molar-refractivity contribution < 1.29 is 9.53 Å². The Morgan fingerprint density at radius 3 is 2.54 bits per heavy atom. The topological polar surface area (TPSA) is 67.3 Å². The van der Waals surface area contributed by atoms with Gasteiger partial charge in [-0.15, -0.1) is 0 Å². The first-order valence-electron chi connectivity index (χ1n) is 8.78. The highest BCUT2D eigenvalue weighted by Gasteiger charge is 2.13. The zero-order valence-corrected chi connectivity index (χ0v) is 16.5. The smallest absolute Gasteiger partial charge is 0.272 e. The summed E-state index contributed by atoms with van der Waals surface area (Å²) in [6.45, 7) is 0.606. The molecule has 1 aromatic carbocycles. The van der Waals surface area contributed by atoms with Crippen LogP contribution in [0.1, 0.15) is 16.1 Å². The minimum absolute atomic E-state index is 0.118. The number of hydrogen-bond donors (Lipinski definition) is 1. The number of rotatable bonds is 7. The first-order valence-corrected chi connectivity index (χ1v) is 9.15. The summed E-state index contributed by atoms with van der Waals surface area (Å²) in [7, 11) is 3.35. The molecule has 2 aromatic heterocycles. The van der Waals surface area contributed by atoms with Crippen LogP contribution in [0.5, 0.6) is 5.75 Å². The summed E-state index contributed by atoms with van der Waals surface area (Å²) in [5.74, 6) is 0.495. The zero-order chi connectivity index (χ0) is 19.9. The number of aromatic nitrogens is 2. The summed E-state index contributed by atoms with van der Waals surface area (Å²) in [5.41, 5.74) is 3.11. The van der Waals surface area contributed by atoms with E-state index in [1.807, 2.05) is 24.3 Å². The van der Waals surface area contributed by atoms with Gasteiger partial charge in [-0.1, -0.05) is 11.6 Å². The lowest BCUT2D eigenvalue weighted by molar-refractivity contribution is 0.0791. The quantitative estimate of drug-likeness (QED) is 0.648. The Balaban J connectivity index is 1.60. The number of likely N-dealkylation sites (N-methyl/N-ethyl adjacent to an activating group) is 1. The van der Waals surface area contributed by atoms with Crippen molar-refractivity contribution in [2.75, 3.05) is 26.0 Å². The van der Waals surface area contributed by atoms with E-state index in [0.717, 1.165) is 23.4 Å². The van der Waals surface area contributed by atoms with Gasteiger partial charge in [0.2, 0.25) is 0 Å². The van der Waals surface area contributed by atoms with Crippen LogP contribution in [0.3, 0.4) is 0 Å². The molecule has 3 aromatic rings. The number of benzene rings is 1. The summed E-state index contributed by atoms with van der Waals surface area (Å²) >= 11 is 6.14. The molecule has 1 N–H and O–H groups in total. The molecule has 0 aliphatic rings. The van der Waals surface area contributed by atoms with Gasteiger partial charge in [0.25, 0.3) is 5.91 Å². The first kappa shape index (κ1) is 19.6. The van der Waals surface area contributed by atoms with Gasteiger partial charge >= 0.3 is 0 Å². The van der Waals surface area contributed by atoms with E-state index in [1.165, 1.54) is 0 Å². The number of amides is 1. The number of nitrogens with one attached hydrogen (secondary N) is 1. The van der Waals surface area contributed by atoms with Crippen molar-refractivity contribution in [2.45, 2.75) is 6.42 Å². The third kappa shape index (κ3) is 4.98. The molecule has 6 nitrogen and oxygen atoms in total. The molecule has 3 rings (SSSR count). The highest BCUT2D eigenvalue weighted by atomic mass is 35.5. The maximum atomic E-state index is 12.6. The molecular formula is C21H21ClN4O2. The molecule has 0 fully saturated rings. The standard InChI is InChI=1S/C21H21ClN4O2/c1-26(12-9-15-7-10-23-11-8-15)21(27)19-5-3-17(14-24-19)25-16-4-6-20(28-2)18(22)13-16/h3-8,10-11,13-14,25H,9,12H2,1-2H3. The number of carbonyl (C=O) groups is 1. The Hall–Kier alpha value is -3.12. The Bertz CT molecular complexity index is 933. The molecule has 0 spiro atoms. The number of anilines is 2. The third-order valence-electron chi connectivity index (χ3n) is 4.26. The monoisotopic (exact) mass is 396 g/mol. The van der Waals surface area contributed by atoms with Crippen molar-refractivity contribution in [1.29, 1.82) is 0 Å². The number of pyridine rings is 2. The highest BCUT2D eigenvalue weighted by Crippen LogP contribution is 2.28. The van der Waals surface area contributed by atoms with Gasteiger partial charge in [-0.05, 0) is 54.4 Å². The van der Waals surface area contributed by atoms with Crippen molar-refractivity contribution >= 4 is 28.9 Å². The fourth-order valence-electron chi connectivity index (χ4n) is 2.65. The van der Waals surface area contributed by atoms with Crippen LogP contribution in [0.25, 0.3) is 0 Å². The summed E-state index contributed by atoms with van der Waals surface area (Å²) < 4.78 is 5.15. The molecule has 0 bridgehead atoms. The summed E-state index contributed by atoms with van der Waals surface area (Å²) in [6.07, 6.45) is 5.89. The lowest BCUT2D eigenvalue weighted by atomic mass is 10.2. The van der Waals surface area contributed by atoms with Gasteiger partial charge in [-0.2, -0.15) is 0 Å². The molecule has 0 atom stereocenters. The van der Waals surface area contributed by atoms with Gasteiger partial charge in [0.05, 0.1) is 24.0 Å². The van der Waals surface area contributed by atoms with Crippen LogP contribution in [0.4, 0.5) is 11.4 Å². The number of ether oxygens (including phenoxy) is 1. The van der Waals surface area contributed by atoms with Gasteiger partial charge in [-0.3, -0.25) is 9.78 Å². The predicted octanol–water partition coefficient (Wildman–Crippen LogP) is 4.20. The molecule has 0 unspecified atom stereocenters. The van der Waals surface area contributed by atoms with Crippen LogP contribution in [-0.4, -0.2) is 41.5 Å². The first-order chi connectivity index (χ1) is 13.6. The molecular weight excluding hydrogens is 376 g/mol.